The van der Waals surface area contributed by atoms with Crippen LogP contribution in [0.5, 0.6) is 0 Å². The van der Waals surface area contributed by atoms with E-state index in [9.17, 15) is 20.1 Å². The maximum Gasteiger partial charge on any atom is 0.220 e. The van der Waals surface area contributed by atoms with Crippen LogP contribution in [0.1, 0.15) is 52.4 Å². The molecule has 2 atom stereocenters. The fraction of sp³-hybridized carbons (Fsp3) is 0.778. The lowest BCUT2D eigenvalue weighted by Crippen LogP contribution is -2.30. The van der Waals surface area contributed by atoms with Crippen LogP contribution in [-0.2, 0) is 9.59 Å². The summed E-state index contributed by atoms with van der Waals surface area (Å²) in [6.07, 6.45) is 1.93. The quantitative estimate of drug-likeness (QED) is 0.246. The molecule has 0 aliphatic carbocycles. The Morgan fingerprint density at radius 1 is 0.857 bits per heavy atom. The molecule has 0 aromatic rings. The molecule has 0 spiro atoms. The molecule has 0 aromatic heterocycles. The second-order valence-electron chi connectivity index (χ2n) is 6.96. The van der Waals surface area contributed by atoms with Gasteiger partial charge < -0.3 is 22.1 Å². The zero-order valence-corrected chi connectivity index (χ0v) is 16.8. The highest BCUT2D eigenvalue weighted by Crippen LogP contribution is 2.23. The molecule has 0 heterocycles. The minimum Gasteiger partial charge on any atom is -0.356 e. The lowest BCUT2D eigenvalue weighted by molar-refractivity contribution is -0.122. The Kier molecular flexibility index (Phi) is 12.3. The number of hydrogen-bond acceptors (Lipinski definition) is 8. The zero-order valence-electron chi connectivity index (χ0n) is 16.8. The number of rotatable bonds is 14. The van der Waals surface area contributed by atoms with Crippen LogP contribution in [0.25, 0.3) is 0 Å². The molecular formula is C18H32N8O2. The van der Waals surface area contributed by atoms with Crippen molar-refractivity contribution in [1.29, 1.82) is 10.5 Å². The Morgan fingerprint density at radius 3 is 1.50 bits per heavy atom. The van der Waals surface area contributed by atoms with Gasteiger partial charge in [-0.25, -0.2) is 0 Å². The van der Waals surface area contributed by atoms with E-state index in [1.165, 1.54) is 0 Å². The molecule has 10 nitrogen and oxygen atoms in total. The Balaban J connectivity index is 4.71. The first-order valence-corrected chi connectivity index (χ1v) is 9.44. The van der Waals surface area contributed by atoms with E-state index in [1.54, 1.807) is 13.8 Å². The van der Waals surface area contributed by atoms with Crippen molar-refractivity contribution in [2.75, 3.05) is 26.2 Å². The molecule has 2 unspecified atom stereocenters. The summed E-state index contributed by atoms with van der Waals surface area (Å²) in [6.45, 7) is 5.06. The number of hydrogen-bond donors (Lipinski definition) is 4. The molecule has 0 bridgehead atoms. The molecule has 0 saturated carbocycles. The molecule has 2 amide bonds. The van der Waals surface area contributed by atoms with Gasteiger partial charge in [0.15, 0.2) is 11.1 Å². The van der Waals surface area contributed by atoms with Gasteiger partial charge in [0.2, 0.25) is 11.8 Å². The molecule has 10 heteroatoms. The minimum atomic E-state index is -1.23. The van der Waals surface area contributed by atoms with Crippen LogP contribution in [0, 0.1) is 22.7 Å². The second kappa shape index (κ2) is 13.6. The van der Waals surface area contributed by atoms with Crippen molar-refractivity contribution in [3.05, 3.63) is 0 Å². The predicted octanol–water partition coefficient (Wildman–Crippen LogP) is 0.494. The third kappa shape index (κ3) is 11.2. The van der Waals surface area contributed by atoms with Gasteiger partial charge in [0.1, 0.15) is 0 Å². The first-order chi connectivity index (χ1) is 13.2. The van der Waals surface area contributed by atoms with E-state index in [4.69, 9.17) is 11.5 Å². The number of azo groups is 1. The van der Waals surface area contributed by atoms with E-state index in [0.717, 1.165) is 0 Å². The van der Waals surface area contributed by atoms with Crippen LogP contribution in [0.15, 0.2) is 10.2 Å². The lowest BCUT2D eigenvalue weighted by atomic mass is 9.97. The SMILES string of the molecule is CC(C#N)(CCC(=O)NCCCN)/N=N/C(C)(C#N)CCC(=O)NCCCN. The van der Waals surface area contributed by atoms with Gasteiger partial charge in [0.25, 0.3) is 0 Å². The van der Waals surface area contributed by atoms with Crippen molar-refractivity contribution in [3.63, 3.8) is 0 Å². The first-order valence-electron chi connectivity index (χ1n) is 9.44. The van der Waals surface area contributed by atoms with Crippen LogP contribution in [-0.4, -0.2) is 49.1 Å². The standard InChI is InChI=1S/C18H32N8O2/c1-17(13-21,7-5-15(27)23-11-3-9-19)25-26-18(2,14-22)8-6-16(28)24-12-4-10-20/h3-12,19-20H2,1-2H3,(H,23,27)(H,24,28)/b26-25+. The van der Waals surface area contributed by atoms with Gasteiger partial charge in [-0.2, -0.15) is 20.8 Å². The monoisotopic (exact) mass is 392 g/mol. The summed E-state index contributed by atoms with van der Waals surface area (Å²) >= 11 is 0. The molecular weight excluding hydrogens is 360 g/mol. The fourth-order valence-electron chi connectivity index (χ4n) is 2.03. The zero-order chi connectivity index (χ0) is 21.5. The van der Waals surface area contributed by atoms with Crippen LogP contribution in [0.4, 0.5) is 0 Å². The molecule has 0 aliphatic rings. The molecule has 0 aliphatic heterocycles. The largest absolute Gasteiger partial charge is 0.356 e. The molecule has 0 rings (SSSR count). The average molecular weight is 393 g/mol. The summed E-state index contributed by atoms with van der Waals surface area (Å²) in [7, 11) is 0. The number of carbonyl (C=O) groups excluding carboxylic acids is 2. The van der Waals surface area contributed by atoms with Gasteiger partial charge in [0, 0.05) is 25.9 Å². The highest BCUT2D eigenvalue weighted by atomic mass is 16.2. The molecule has 6 N–H and O–H groups in total. The number of carbonyl (C=O) groups is 2. The Bertz CT molecular complexity index is 558. The topological polar surface area (TPSA) is 183 Å². The maximum atomic E-state index is 11.8. The summed E-state index contributed by atoms with van der Waals surface area (Å²) in [5, 5.41) is 32.3. The number of nitrogens with one attached hydrogen (secondary N) is 2. The summed E-state index contributed by atoms with van der Waals surface area (Å²) in [4.78, 5) is 23.6. The highest BCUT2D eigenvalue weighted by Gasteiger charge is 2.29. The molecule has 0 fully saturated rings. The minimum absolute atomic E-state index is 0.112. The summed E-state index contributed by atoms with van der Waals surface area (Å²) in [6, 6.07) is 4.07. The van der Waals surface area contributed by atoms with Gasteiger partial charge in [0.05, 0.1) is 12.1 Å². The molecule has 0 radical (unpaired) electrons. The van der Waals surface area contributed by atoms with E-state index in [-0.39, 0.29) is 37.5 Å². The van der Waals surface area contributed by atoms with E-state index in [0.29, 0.717) is 39.0 Å². The van der Waals surface area contributed by atoms with Crippen LogP contribution < -0.4 is 22.1 Å². The van der Waals surface area contributed by atoms with Crippen molar-refractivity contribution >= 4 is 11.8 Å². The number of amides is 2. The normalized spacial score (nSPS) is 15.1. The van der Waals surface area contributed by atoms with Crippen LogP contribution in [0.2, 0.25) is 0 Å². The van der Waals surface area contributed by atoms with Crippen molar-refractivity contribution in [3.8, 4) is 12.1 Å². The van der Waals surface area contributed by atoms with Gasteiger partial charge in [-0.05, 0) is 52.6 Å². The smallest absolute Gasteiger partial charge is 0.220 e. The van der Waals surface area contributed by atoms with Gasteiger partial charge in [-0.15, -0.1) is 0 Å². The summed E-state index contributed by atoms with van der Waals surface area (Å²) in [5.74, 6) is -0.385. The Hall–Kier alpha value is -2.56. The van der Waals surface area contributed by atoms with E-state index in [2.05, 4.69) is 20.9 Å². The van der Waals surface area contributed by atoms with Crippen LogP contribution >= 0.6 is 0 Å². The molecule has 28 heavy (non-hydrogen) atoms. The van der Waals surface area contributed by atoms with Crippen molar-refractivity contribution < 1.29 is 9.59 Å². The van der Waals surface area contributed by atoms with Crippen molar-refractivity contribution in [1.82, 2.24) is 10.6 Å². The van der Waals surface area contributed by atoms with Gasteiger partial charge in [-0.1, -0.05) is 0 Å². The van der Waals surface area contributed by atoms with Crippen molar-refractivity contribution in [2.24, 2.45) is 21.7 Å². The second-order valence-corrected chi connectivity index (χ2v) is 6.96. The predicted molar refractivity (Wildman–Crippen MR) is 105 cm³/mol. The third-order valence-corrected chi connectivity index (χ3v) is 4.06. The lowest BCUT2D eigenvalue weighted by Gasteiger charge is -2.19. The molecule has 156 valence electrons. The third-order valence-electron chi connectivity index (χ3n) is 4.06. The van der Waals surface area contributed by atoms with Crippen LogP contribution in [0.3, 0.4) is 0 Å². The maximum absolute atomic E-state index is 11.8. The number of nitrogens with two attached hydrogens (primary N) is 2. The summed E-state index contributed by atoms with van der Waals surface area (Å²) in [5.41, 5.74) is 8.28. The number of nitriles is 2. The Morgan fingerprint density at radius 2 is 1.21 bits per heavy atom. The van der Waals surface area contributed by atoms with Gasteiger partial charge in [-0.3, -0.25) is 9.59 Å². The Labute approximate surface area is 166 Å². The molecule has 0 aromatic carbocycles. The van der Waals surface area contributed by atoms with Gasteiger partial charge >= 0.3 is 0 Å². The fourth-order valence-corrected chi connectivity index (χ4v) is 2.03. The number of nitrogens with zero attached hydrogens (tertiary/aromatic N) is 4. The summed E-state index contributed by atoms with van der Waals surface area (Å²) < 4.78 is 0. The first kappa shape index (κ1) is 25.4. The van der Waals surface area contributed by atoms with E-state index < -0.39 is 11.1 Å². The highest BCUT2D eigenvalue weighted by molar-refractivity contribution is 5.76. The van der Waals surface area contributed by atoms with E-state index in [1.807, 2.05) is 12.1 Å². The van der Waals surface area contributed by atoms with Crippen molar-refractivity contribution in [2.45, 2.75) is 63.5 Å². The molecule has 0 saturated heterocycles. The average Bonchev–Trinajstić information content (AvgIpc) is 2.69. The van der Waals surface area contributed by atoms with E-state index >= 15 is 0 Å².